The minimum Gasteiger partial charge on any atom is -0.370 e. The number of thioether (sulfide) groups is 1. The normalized spacial score (nSPS) is 16.1. The van der Waals surface area contributed by atoms with E-state index in [1.807, 2.05) is 31.2 Å². The van der Waals surface area contributed by atoms with Crippen LogP contribution in [0.5, 0.6) is 0 Å². The molecule has 2 aromatic heterocycles. The van der Waals surface area contributed by atoms with Crippen molar-refractivity contribution in [3.63, 3.8) is 0 Å². The number of aromatic nitrogens is 2. The number of amides is 2. The van der Waals surface area contributed by atoms with Gasteiger partial charge in [0.15, 0.2) is 5.16 Å². The second-order valence-electron chi connectivity index (χ2n) is 10.6. The topological polar surface area (TPSA) is 81.5 Å². The molecule has 0 unspecified atom stereocenters. The molecule has 0 fully saturated rings. The van der Waals surface area contributed by atoms with Crippen LogP contribution < -0.4 is 5.56 Å². The van der Waals surface area contributed by atoms with Crippen molar-refractivity contribution >= 4 is 45.1 Å². The van der Waals surface area contributed by atoms with Crippen LogP contribution in [-0.2, 0) is 17.8 Å². The van der Waals surface area contributed by atoms with Gasteiger partial charge in [0, 0.05) is 23.6 Å². The largest absolute Gasteiger partial charge is 0.370 e. The van der Waals surface area contributed by atoms with E-state index in [9.17, 15) is 14.4 Å². The fourth-order valence-corrected chi connectivity index (χ4v) is 7.40. The Balaban J connectivity index is 1.24. The Morgan fingerprint density at radius 1 is 1.03 bits per heavy atom. The van der Waals surface area contributed by atoms with E-state index in [2.05, 4.69) is 13.8 Å². The lowest BCUT2D eigenvalue weighted by Crippen LogP contribution is -2.32. The maximum absolute atomic E-state index is 14.0. The van der Waals surface area contributed by atoms with E-state index < -0.39 is 0 Å². The fraction of sp³-hybridized carbons (Fsp3) is 0.333. The van der Waals surface area contributed by atoms with Gasteiger partial charge in [-0.1, -0.05) is 36.0 Å². The highest BCUT2D eigenvalue weighted by atomic mass is 32.2. The van der Waals surface area contributed by atoms with Crippen LogP contribution in [0.25, 0.3) is 15.9 Å². The molecule has 2 aliphatic rings. The highest BCUT2D eigenvalue weighted by Gasteiger charge is 2.34. The zero-order chi connectivity index (χ0) is 27.3. The average molecular weight is 560 g/mol. The molecule has 9 heteroatoms. The van der Waals surface area contributed by atoms with Crippen LogP contribution in [0.3, 0.4) is 0 Å². The number of unbranched alkanes of at least 4 members (excludes halogenated alkanes) is 1. The molecule has 2 aromatic carbocycles. The monoisotopic (exact) mass is 559 g/mol. The molecule has 6 rings (SSSR count). The van der Waals surface area contributed by atoms with E-state index in [-0.39, 0.29) is 23.0 Å². The highest BCUT2D eigenvalue weighted by Crippen LogP contribution is 2.38. The van der Waals surface area contributed by atoms with Gasteiger partial charge in [0.05, 0.1) is 34.4 Å². The number of aryl methyl sites for hydroxylation is 1. The predicted octanol–water partition coefficient (Wildman–Crippen LogP) is 5.78. The number of hydrogen-bond acceptors (Lipinski definition) is 7. The molecular formula is C30H29N3O4S2. The Labute approximate surface area is 234 Å². The van der Waals surface area contributed by atoms with Gasteiger partial charge < -0.3 is 4.74 Å². The minimum absolute atomic E-state index is 0.0469. The van der Waals surface area contributed by atoms with Crippen molar-refractivity contribution in [2.24, 2.45) is 0 Å². The van der Waals surface area contributed by atoms with Crippen LogP contribution in [0.2, 0.25) is 0 Å². The lowest BCUT2D eigenvalue weighted by molar-refractivity contribution is -0.0379. The van der Waals surface area contributed by atoms with Gasteiger partial charge in [0.25, 0.3) is 17.4 Å². The summed E-state index contributed by atoms with van der Waals surface area (Å²) in [7, 11) is 0. The number of rotatable bonds is 7. The van der Waals surface area contributed by atoms with Crippen LogP contribution >= 0.6 is 23.1 Å². The second kappa shape index (κ2) is 10.0. The van der Waals surface area contributed by atoms with Gasteiger partial charge in [0.1, 0.15) is 4.83 Å². The highest BCUT2D eigenvalue weighted by molar-refractivity contribution is 7.99. The second-order valence-corrected chi connectivity index (χ2v) is 12.8. The molecule has 0 N–H and O–H groups in total. The van der Waals surface area contributed by atoms with Crippen molar-refractivity contribution in [1.29, 1.82) is 0 Å². The molecule has 0 spiro atoms. The summed E-state index contributed by atoms with van der Waals surface area (Å²) in [5.74, 6) is 0.253. The number of imide groups is 1. The molecule has 2 amide bonds. The number of thiophene rings is 1. The van der Waals surface area contributed by atoms with Crippen molar-refractivity contribution < 1.29 is 14.3 Å². The fourth-order valence-electron chi connectivity index (χ4n) is 5.24. The first-order valence-electron chi connectivity index (χ1n) is 13.1. The van der Waals surface area contributed by atoms with E-state index in [0.717, 1.165) is 32.9 Å². The lowest BCUT2D eigenvalue weighted by atomic mass is 9.94. The molecule has 0 saturated carbocycles. The number of nitrogens with zero attached hydrogens (tertiary/aromatic N) is 3. The molecule has 0 radical (unpaired) electrons. The molecule has 2 aliphatic heterocycles. The molecular weight excluding hydrogens is 530 g/mol. The SMILES string of the molecule is Cc1cccc(-n2c(SCCCCN3C(=O)c4ccccc4C3=O)nc3sc4c(c3c2=O)CC(C)(C)OC4)c1. The van der Waals surface area contributed by atoms with Gasteiger partial charge in [-0.05, 0) is 69.0 Å². The van der Waals surface area contributed by atoms with E-state index in [1.54, 1.807) is 40.2 Å². The Bertz CT molecular complexity index is 1650. The Hall–Kier alpha value is -3.27. The first-order chi connectivity index (χ1) is 18.7. The summed E-state index contributed by atoms with van der Waals surface area (Å²) >= 11 is 3.08. The first kappa shape index (κ1) is 26.0. The van der Waals surface area contributed by atoms with Crippen molar-refractivity contribution in [2.75, 3.05) is 12.3 Å². The Morgan fingerprint density at radius 2 is 1.77 bits per heavy atom. The summed E-state index contributed by atoms with van der Waals surface area (Å²) in [4.78, 5) is 47.5. The van der Waals surface area contributed by atoms with Gasteiger partial charge >= 0.3 is 0 Å². The maximum atomic E-state index is 14.0. The smallest absolute Gasteiger partial charge is 0.267 e. The van der Waals surface area contributed by atoms with E-state index >= 15 is 0 Å². The number of fused-ring (bicyclic) bond motifs is 4. The third-order valence-electron chi connectivity index (χ3n) is 7.22. The summed E-state index contributed by atoms with van der Waals surface area (Å²) in [5.41, 5.74) is 3.51. The van der Waals surface area contributed by atoms with Crippen molar-refractivity contribution in [3.8, 4) is 5.69 Å². The summed E-state index contributed by atoms with van der Waals surface area (Å²) in [5, 5.41) is 1.35. The van der Waals surface area contributed by atoms with Crippen LogP contribution in [0.4, 0.5) is 0 Å². The van der Waals surface area contributed by atoms with Gasteiger partial charge in [-0.2, -0.15) is 0 Å². The average Bonchev–Trinajstić information content (AvgIpc) is 3.37. The third-order valence-corrected chi connectivity index (χ3v) is 9.34. The van der Waals surface area contributed by atoms with Crippen LogP contribution in [0.1, 0.15) is 63.4 Å². The molecule has 0 bridgehead atoms. The Kier molecular flexibility index (Phi) is 6.69. The first-order valence-corrected chi connectivity index (χ1v) is 14.9. The van der Waals surface area contributed by atoms with Crippen molar-refractivity contribution in [2.45, 2.75) is 57.4 Å². The zero-order valence-electron chi connectivity index (χ0n) is 22.2. The minimum atomic E-state index is -0.325. The van der Waals surface area contributed by atoms with Gasteiger partial charge in [0.2, 0.25) is 0 Å². The van der Waals surface area contributed by atoms with E-state index in [1.165, 1.54) is 16.7 Å². The van der Waals surface area contributed by atoms with Gasteiger partial charge in [-0.15, -0.1) is 11.3 Å². The summed E-state index contributed by atoms with van der Waals surface area (Å²) in [6.07, 6.45) is 2.12. The van der Waals surface area contributed by atoms with Crippen LogP contribution in [0.15, 0.2) is 58.5 Å². The molecule has 4 heterocycles. The number of hydrogen-bond donors (Lipinski definition) is 0. The summed E-state index contributed by atoms with van der Waals surface area (Å²) < 4.78 is 7.74. The van der Waals surface area contributed by atoms with Crippen LogP contribution in [0, 0.1) is 6.92 Å². The van der Waals surface area contributed by atoms with Gasteiger partial charge in [-0.3, -0.25) is 23.9 Å². The molecule has 200 valence electrons. The predicted molar refractivity (Wildman–Crippen MR) is 154 cm³/mol. The lowest BCUT2D eigenvalue weighted by Gasteiger charge is -2.29. The molecule has 0 atom stereocenters. The Morgan fingerprint density at radius 3 is 2.49 bits per heavy atom. The molecule has 0 saturated heterocycles. The quantitative estimate of drug-likeness (QED) is 0.124. The zero-order valence-corrected chi connectivity index (χ0v) is 23.8. The van der Waals surface area contributed by atoms with Gasteiger partial charge in [-0.25, -0.2) is 4.98 Å². The van der Waals surface area contributed by atoms with E-state index in [0.29, 0.717) is 53.4 Å². The molecule has 4 aromatic rings. The number of benzene rings is 2. The van der Waals surface area contributed by atoms with Crippen molar-refractivity contribution in [1.82, 2.24) is 14.5 Å². The summed E-state index contributed by atoms with van der Waals surface area (Å²) in [6.45, 7) is 6.99. The number of carbonyl (C=O) groups excluding carboxylic acids is 2. The molecule has 7 nitrogen and oxygen atoms in total. The van der Waals surface area contributed by atoms with Crippen molar-refractivity contribution in [3.05, 3.63) is 86.0 Å². The number of ether oxygens (including phenoxy) is 1. The standard InChI is InChI=1S/C30H29N3O4S2/c1-18-9-8-10-19(15-18)33-28(36)24-22-16-30(2,3)37-17-23(22)39-25(24)31-29(33)38-14-7-6-13-32-26(34)20-11-4-5-12-21(20)27(32)35/h4-5,8-12,15H,6-7,13-14,16-17H2,1-3H3. The van der Waals surface area contributed by atoms with E-state index in [4.69, 9.17) is 9.72 Å². The maximum Gasteiger partial charge on any atom is 0.267 e. The summed E-state index contributed by atoms with van der Waals surface area (Å²) in [6, 6.07) is 14.9. The molecule has 39 heavy (non-hydrogen) atoms. The third kappa shape index (κ3) is 4.73. The van der Waals surface area contributed by atoms with Crippen LogP contribution in [-0.4, -0.2) is 44.2 Å². The molecule has 0 aliphatic carbocycles. The number of carbonyl (C=O) groups is 2.